The van der Waals surface area contributed by atoms with E-state index in [0.717, 1.165) is 24.0 Å². The Bertz CT molecular complexity index is 1080. The van der Waals surface area contributed by atoms with Gasteiger partial charge < -0.3 is 9.84 Å². The number of ether oxygens (including phenoxy) is 1. The molecule has 32 heavy (non-hydrogen) atoms. The number of hydrazine groups is 1. The highest BCUT2D eigenvalue weighted by molar-refractivity contribution is 6.13. The van der Waals surface area contributed by atoms with Crippen LogP contribution >= 0.6 is 0 Å². The lowest BCUT2D eigenvalue weighted by molar-refractivity contribution is 0.303. The number of aromatic hydroxyl groups is 1. The minimum atomic E-state index is 0.0778. The van der Waals surface area contributed by atoms with Crippen molar-refractivity contribution in [1.29, 1.82) is 0 Å². The van der Waals surface area contributed by atoms with Crippen molar-refractivity contribution in [3.05, 3.63) is 90.0 Å². The molecule has 164 valence electrons. The molecular weight excluding hydrogens is 400 g/mol. The highest BCUT2D eigenvalue weighted by Crippen LogP contribution is 2.32. The van der Waals surface area contributed by atoms with E-state index in [1.54, 1.807) is 17.3 Å². The average Bonchev–Trinajstić information content (AvgIpc) is 2.85. The van der Waals surface area contributed by atoms with Gasteiger partial charge in [0.2, 0.25) is 0 Å². The molecule has 0 fully saturated rings. The zero-order valence-electron chi connectivity index (χ0n) is 18.2. The molecule has 1 aliphatic heterocycles. The van der Waals surface area contributed by atoms with Gasteiger partial charge in [-0.25, -0.2) is 4.99 Å². The lowest BCUT2D eigenvalue weighted by Crippen LogP contribution is -2.43. The fourth-order valence-electron chi connectivity index (χ4n) is 3.41. The van der Waals surface area contributed by atoms with Crippen LogP contribution in [0.25, 0.3) is 0 Å². The van der Waals surface area contributed by atoms with Gasteiger partial charge in [0.1, 0.15) is 17.2 Å². The van der Waals surface area contributed by atoms with E-state index in [0.29, 0.717) is 29.7 Å². The second-order valence-corrected chi connectivity index (χ2v) is 7.60. The summed E-state index contributed by atoms with van der Waals surface area (Å²) in [7, 11) is 0. The number of rotatable bonds is 9. The number of hydrogen-bond donors (Lipinski definition) is 2. The first-order valence-corrected chi connectivity index (χ1v) is 11.1. The van der Waals surface area contributed by atoms with Crippen molar-refractivity contribution in [2.45, 2.75) is 32.6 Å². The van der Waals surface area contributed by atoms with E-state index in [1.807, 2.05) is 66.7 Å². The molecule has 1 aliphatic rings. The monoisotopic (exact) mass is 428 g/mol. The van der Waals surface area contributed by atoms with Crippen molar-refractivity contribution >= 4 is 17.4 Å². The van der Waals surface area contributed by atoms with E-state index in [1.165, 1.54) is 12.8 Å². The fraction of sp³-hybridized carbons (Fsp3) is 0.231. The number of hydrogen-bond acceptors (Lipinski definition) is 6. The number of phenols is 1. The molecule has 0 aliphatic carbocycles. The number of phenolic OH excluding ortho intramolecular Hbond substituents is 1. The minimum Gasteiger partial charge on any atom is -0.505 e. The molecule has 6 heteroatoms. The van der Waals surface area contributed by atoms with Gasteiger partial charge in [-0.05, 0) is 18.6 Å². The first kappa shape index (κ1) is 21.4. The first-order chi connectivity index (χ1) is 15.7. The van der Waals surface area contributed by atoms with Crippen molar-refractivity contribution in [1.82, 2.24) is 5.43 Å². The predicted octanol–water partition coefficient (Wildman–Crippen LogP) is 5.48. The number of nitrogens with zero attached hydrogens (tertiary/aromatic N) is 3. The smallest absolute Gasteiger partial charge is 0.183 e. The van der Waals surface area contributed by atoms with Crippen LogP contribution in [0.4, 0.5) is 5.69 Å². The van der Waals surface area contributed by atoms with Gasteiger partial charge in [0.25, 0.3) is 0 Å². The first-order valence-electron chi connectivity index (χ1n) is 11.1. The van der Waals surface area contributed by atoms with Crippen LogP contribution in [0, 0.1) is 0 Å². The van der Waals surface area contributed by atoms with Gasteiger partial charge in [-0.2, -0.15) is 5.12 Å². The van der Waals surface area contributed by atoms with Crippen LogP contribution in [0.5, 0.6) is 11.5 Å². The van der Waals surface area contributed by atoms with Gasteiger partial charge in [-0.3, -0.25) is 5.43 Å². The summed E-state index contributed by atoms with van der Waals surface area (Å²) in [4.78, 5) is 4.72. The standard InChI is InChI=1S/C26H28N4O2/c1-2-3-4-11-18-32-22-16-17-23(24(31)19-22)30-28-25(20-12-7-5-8-13-20)27-26(29-30)21-14-9-6-10-15-21/h5-10,12-17,19,31H,2-4,11,18H2,1H3,(H,27,28,29). The molecule has 0 radical (unpaired) electrons. The zero-order chi connectivity index (χ0) is 22.2. The summed E-state index contributed by atoms with van der Waals surface area (Å²) in [6, 6.07) is 24.9. The second kappa shape index (κ2) is 10.5. The summed E-state index contributed by atoms with van der Waals surface area (Å²) in [5.74, 6) is 1.92. The molecule has 0 amide bonds. The van der Waals surface area contributed by atoms with Crippen molar-refractivity contribution in [2.24, 2.45) is 10.1 Å². The molecule has 0 saturated carbocycles. The Hall–Kier alpha value is -3.80. The average molecular weight is 429 g/mol. The van der Waals surface area contributed by atoms with E-state index in [2.05, 4.69) is 17.5 Å². The molecule has 0 unspecified atom stereocenters. The zero-order valence-corrected chi connectivity index (χ0v) is 18.2. The van der Waals surface area contributed by atoms with Crippen molar-refractivity contribution in [2.75, 3.05) is 11.7 Å². The number of benzene rings is 3. The summed E-state index contributed by atoms with van der Waals surface area (Å²) in [6.07, 6.45) is 4.56. The largest absolute Gasteiger partial charge is 0.505 e. The van der Waals surface area contributed by atoms with E-state index < -0.39 is 0 Å². The molecular formula is C26H28N4O2. The number of aliphatic imine (C=N–C) groups is 1. The third kappa shape index (κ3) is 5.27. The quantitative estimate of drug-likeness (QED) is 0.443. The summed E-state index contributed by atoms with van der Waals surface area (Å²) in [6.45, 7) is 2.83. The maximum Gasteiger partial charge on any atom is 0.183 e. The van der Waals surface area contributed by atoms with Gasteiger partial charge in [0, 0.05) is 17.2 Å². The van der Waals surface area contributed by atoms with Crippen molar-refractivity contribution in [3.63, 3.8) is 0 Å². The summed E-state index contributed by atoms with van der Waals surface area (Å²) in [5.41, 5.74) is 5.53. The van der Waals surface area contributed by atoms with Crippen LogP contribution in [0.3, 0.4) is 0 Å². The highest BCUT2D eigenvalue weighted by Gasteiger charge is 2.21. The van der Waals surface area contributed by atoms with E-state index in [-0.39, 0.29) is 5.75 Å². The van der Waals surface area contributed by atoms with Gasteiger partial charge in [-0.1, -0.05) is 86.8 Å². The van der Waals surface area contributed by atoms with Crippen LogP contribution in [-0.4, -0.2) is 23.4 Å². The minimum absolute atomic E-state index is 0.0778. The third-order valence-corrected chi connectivity index (χ3v) is 5.15. The van der Waals surface area contributed by atoms with Gasteiger partial charge >= 0.3 is 0 Å². The maximum atomic E-state index is 10.7. The Morgan fingerprint density at radius 1 is 0.875 bits per heavy atom. The Morgan fingerprint density at radius 2 is 1.59 bits per heavy atom. The molecule has 6 nitrogen and oxygen atoms in total. The Balaban J connectivity index is 1.58. The summed E-state index contributed by atoms with van der Waals surface area (Å²) < 4.78 is 5.80. The Morgan fingerprint density at radius 3 is 2.28 bits per heavy atom. The lowest BCUT2D eigenvalue weighted by atomic mass is 10.2. The van der Waals surface area contributed by atoms with E-state index in [9.17, 15) is 5.11 Å². The number of nitrogens with one attached hydrogen (secondary N) is 1. The fourth-order valence-corrected chi connectivity index (χ4v) is 3.41. The second-order valence-electron chi connectivity index (χ2n) is 7.60. The number of unbranched alkanes of at least 4 members (excludes halogenated alkanes) is 3. The normalized spacial score (nSPS) is 13.2. The number of anilines is 1. The SMILES string of the molecule is CCCCCCOc1ccc(N2N=C(c3ccccc3)N=C(c3ccccc3)N2)c(O)c1. The number of hydrazone groups is 1. The van der Waals surface area contributed by atoms with Crippen LogP contribution in [-0.2, 0) is 0 Å². The topological polar surface area (TPSA) is 69.5 Å². The molecule has 4 rings (SSSR count). The van der Waals surface area contributed by atoms with Crippen LogP contribution in [0.2, 0.25) is 0 Å². The van der Waals surface area contributed by atoms with E-state index in [4.69, 9.17) is 9.73 Å². The van der Waals surface area contributed by atoms with Crippen LogP contribution < -0.4 is 15.3 Å². The summed E-state index contributed by atoms with van der Waals surface area (Å²) >= 11 is 0. The third-order valence-electron chi connectivity index (χ3n) is 5.15. The molecule has 0 spiro atoms. The van der Waals surface area contributed by atoms with Crippen LogP contribution in [0.15, 0.2) is 89.0 Å². The molecule has 3 aromatic rings. The molecule has 3 aromatic carbocycles. The van der Waals surface area contributed by atoms with Gasteiger partial charge in [0.15, 0.2) is 11.7 Å². The van der Waals surface area contributed by atoms with Crippen molar-refractivity contribution in [3.8, 4) is 11.5 Å². The maximum absolute atomic E-state index is 10.7. The molecule has 0 bridgehead atoms. The lowest BCUT2D eigenvalue weighted by Gasteiger charge is -2.27. The van der Waals surface area contributed by atoms with Crippen LogP contribution in [0.1, 0.15) is 43.7 Å². The van der Waals surface area contributed by atoms with Gasteiger partial charge in [-0.15, -0.1) is 5.10 Å². The molecule has 1 heterocycles. The molecule has 2 N–H and O–H groups in total. The predicted molar refractivity (Wildman–Crippen MR) is 129 cm³/mol. The Labute approximate surface area is 188 Å². The van der Waals surface area contributed by atoms with Gasteiger partial charge in [0.05, 0.1) is 6.61 Å². The summed E-state index contributed by atoms with van der Waals surface area (Å²) in [5, 5.41) is 16.9. The van der Waals surface area contributed by atoms with Crippen molar-refractivity contribution < 1.29 is 9.84 Å². The molecule has 0 atom stereocenters. The van der Waals surface area contributed by atoms with E-state index >= 15 is 0 Å². The highest BCUT2D eigenvalue weighted by atomic mass is 16.5. The molecule has 0 aromatic heterocycles. The number of amidine groups is 2. The Kier molecular flexibility index (Phi) is 7.02. The molecule has 0 saturated heterocycles.